The summed E-state index contributed by atoms with van der Waals surface area (Å²) in [7, 11) is -3.52. The summed E-state index contributed by atoms with van der Waals surface area (Å²) in [4.78, 5) is 0.156. The average Bonchev–Trinajstić information content (AvgIpc) is 1.86. The van der Waals surface area contributed by atoms with E-state index in [0.29, 0.717) is 0 Å². The Kier molecular flexibility index (Phi) is 5.16. The molecule has 0 unspecified atom stereocenters. The Morgan fingerprint density at radius 3 is 1.92 bits per heavy atom. The quantitative estimate of drug-likeness (QED) is 0.676. The van der Waals surface area contributed by atoms with Gasteiger partial charge < -0.3 is 0 Å². The third kappa shape index (κ3) is 3.65. The van der Waals surface area contributed by atoms with Gasteiger partial charge in [0.25, 0.3) is 0 Å². The van der Waals surface area contributed by atoms with Crippen molar-refractivity contribution in [3.8, 4) is 0 Å². The molecule has 0 aliphatic carbocycles. The summed E-state index contributed by atoms with van der Waals surface area (Å²) < 4.78 is 21.4. The molecule has 0 fully saturated rings. The Bertz CT molecular complexity index is 344. The molecule has 5 heteroatoms. The van der Waals surface area contributed by atoms with Crippen LogP contribution in [-0.2, 0) is 10.0 Å². The van der Waals surface area contributed by atoms with Crippen molar-refractivity contribution in [2.24, 2.45) is 5.14 Å². The SMILES string of the molecule is Cc1ccc(S(N)(=O)=O)cc1.[K]. The Labute approximate surface area is 115 Å². The van der Waals surface area contributed by atoms with Crippen molar-refractivity contribution in [3.63, 3.8) is 0 Å². The maximum atomic E-state index is 10.7. The van der Waals surface area contributed by atoms with E-state index in [9.17, 15) is 8.42 Å². The minimum absolute atomic E-state index is 0. The van der Waals surface area contributed by atoms with E-state index >= 15 is 0 Å². The summed E-state index contributed by atoms with van der Waals surface area (Å²) in [5.74, 6) is 0. The first-order valence-corrected chi connectivity index (χ1v) is 4.64. The van der Waals surface area contributed by atoms with Crippen LogP contribution in [-0.4, -0.2) is 59.8 Å². The van der Waals surface area contributed by atoms with Crippen LogP contribution in [0, 0.1) is 6.92 Å². The second-order valence-electron chi connectivity index (χ2n) is 2.36. The molecule has 0 amide bonds. The molecule has 2 N–H and O–H groups in total. The van der Waals surface area contributed by atoms with Crippen LogP contribution in [0.1, 0.15) is 5.56 Å². The van der Waals surface area contributed by atoms with Crippen molar-refractivity contribution in [1.82, 2.24) is 0 Å². The van der Waals surface area contributed by atoms with E-state index in [0.717, 1.165) is 5.56 Å². The first-order valence-electron chi connectivity index (χ1n) is 3.09. The summed E-state index contributed by atoms with van der Waals surface area (Å²) >= 11 is 0. The van der Waals surface area contributed by atoms with Gasteiger partial charge in [-0.15, -0.1) is 0 Å². The van der Waals surface area contributed by atoms with Crippen molar-refractivity contribution < 1.29 is 8.42 Å². The number of hydrogen-bond donors (Lipinski definition) is 1. The molecule has 1 aromatic rings. The molecule has 1 aromatic carbocycles. The van der Waals surface area contributed by atoms with Gasteiger partial charge in [0.2, 0.25) is 10.0 Å². The topological polar surface area (TPSA) is 60.2 Å². The molecule has 1 rings (SSSR count). The van der Waals surface area contributed by atoms with E-state index in [1.807, 2.05) is 6.92 Å². The van der Waals surface area contributed by atoms with E-state index in [1.165, 1.54) is 12.1 Å². The van der Waals surface area contributed by atoms with Crippen LogP contribution in [0.2, 0.25) is 0 Å². The number of nitrogens with two attached hydrogens (primary N) is 1. The number of sulfonamides is 1. The van der Waals surface area contributed by atoms with E-state index in [4.69, 9.17) is 5.14 Å². The number of primary sulfonamides is 1. The van der Waals surface area contributed by atoms with Crippen molar-refractivity contribution in [2.45, 2.75) is 11.8 Å². The van der Waals surface area contributed by atoms with Gasteiger partial charge in [0, 0.05) is 51.4 Å². The molecule has 0 atom stereocenters. The number of rotatable bonds is 1. The van der Waals surface area contributed by atoms with E-state index < -0.39 is 10.0 Å². The first-order chi connectivity index (χ1) is 5.00. The third-order valence-corrected chi connectivity index (χ3v) is 2.28. The molecule has 0 spiro atoms. The zero-order chi connectivity index (χ0) is 8.48. The fourth-order valence-electron chi connectivity index (χ4n) is 0.728. The number of benzene rings is 1. The van der Waals surface area contributed by atoms with E-state index in [1.54, 1.807) is 12.1 Å². The molecule has 0 saturated carbocycles. The predicted octanol–water partition coefficient (Wildman–Crippen LogP) is 0.262. The molecular weight excluding hydrogens is 201 g/mol. The van der Waals surface area contributed by atoms with Crippen molar-refractivity contribution >= 4 is 61.4 Å². The molecular formula is C7H9KNO2S. The standard InChI is InChI=1S/C7H9NO2S.K/c1-6-2-4-7(5-3-6)11(8,9)10;/h2-5H,1H3,(H2,8,9,10);. The zero-order valence-corrected chi connectivity index (χ0v) is 11.1. The van der Waals surface area contributed by atoms with Gasteiger partial charge in [-0.2, -0.15) is 0 Å². The van der Waals surface area contributed by atoms with Crippen LogP contribution in [0.25, 0.3) is 0 Å². The second kappa shape index (κ2) is 4.85. The van der Waals surface area contributed by atoms with Crippen LogP contribution >= 0.6 is 0 Å². The average molecular weight is 210 g/mol. The van der Waals surface area contributed by atoms with Gasteiger partial charge in [-0.05, 0) is 19.1 Å². The van der Waals surface area contributed by atoms with E-state index in [-0.39, 0.29) is 56.3 Å². The molecule has 61 valence electrons. The van der Waals surface area contributed by atoms with Gasteiger partial charge in [0.05, 0.1) is 4.90 Å². The third-order valence-electron chi connectivity index (χ3n) is 1.35. The Hall–Kier alpha value is 0.766. The Morgan fingerprint density at radius 1 is 1.17 bits per heavy atom. The molecule has 0 aliphatic heterocycles. The van der Waals surface area contributed by atoms with Gasteiger partial charge in [-0.1, -0.05) is 17.7 Å². The largest absolute Gasteiger partial charge is 0.238 e. The molecule has 0 heterocycles. The van der Waals surface area contributed by atoms with Crippen molar-refractivity contribution in [1.29, 1.82) is 0 Å². The maximum absolute atomic E-state index is 10.7. The summed E-state index contributed by atoms with van der Waals surface area (Å²) in [6, 6.07) is 6.40. The molecule has 0 aliphatic rings. The molecule has 3 nitrogen and oxygen atoms in total. The summed E-state index contributed by atoms with van der Waals surface area (Å²) in [5.41, 5.74) is 1.01. The Balaban J connectivity index is 0.00000121. The molecule has 0 aromatic heterocycles. The minimum atomic E-state index is -3.52. The van der Waals surface area contributed by atoms with Crippen LogP contribution in [0.3, 0.4) is 0 Å². The zero-order valence-electron chi connectivity index (χ0n) is 7.11. The first kappa shape index (κ1) is 12.8. The van der Waals surface area contributed by atoms with Crippen LogP contribution in [0.5, 0.6) is 0 Å². The van der Waals surface area contributed by atoms with Gasteiger partial charge in [-0.25, -0.2) is 13.6 Å². The van der Waals surface area contributed by atoms with Crippen molar-refractivity contribution in [2.75, 3.05) is 0 Å². The maximum Gasteiger partial charge on any atom is 0.238 e. The normalized spacial score (nSPS) is 10.5. The van der Waals surface area contributed by atoms with E-state index in [2.05, 4.69) is 0 Å². The second-order valence-corrected chi connectivity index (χ2v) is 3.92. The van der Waals surface area contributed by atoms with Crippen LogP contribution in [0.4, 0.5) is 0 Å². The monoisotopic (exact) mass is 210 g/mol. The number of hydrogen-bond acceptors (Lipinski definition) is 2. The smallest absolute Gasteiger partial charge is 0.225 e. The number of aryl methyl sites for hydroxylation is 1. The van der Waals surface area contributed by atoms with Gasteiger partial charge in [0.1, 0.15) is 0 Å². The fraction of sp³-hybridized carbons (Fsp3) is 0.143. The van der Waals surface area contributed by atoms with Crippen LogP contribution in [0.15, 0.2) is 29.2 Å². The molecule has 12 heavy (non-hydrogen) atoms. The van der Waals surface area contributed by atoms with Crippen molar-refractivity contribution in [3.05, 3.63) is 29.8 Å². The van der Waals surface area contributed by atoms with Crippen LogP contribution < -0.4 is 5.14 Å². The summed E-state index contributed by atoms with van der Waals surface area (Å²) in [5, 5.41) is 4.88. The fourth-order valence-corrected chi connectivity index (χ4v) is 1.24. The summed E-state index contributed by atoms with van der Waals surface area (Å²) in [6.07, 6.45) is 0. The Morgan fingerprint density at radius 2 is 1.58 bits per heavy atom. The molecule has 0 bridgehead atoms. The van der Waals surface area contributed by atoms with Gasteiger partial charge in [0.15, 0.2) is 0 Å². The van der Waals surface area contributed by atoms with Gasteiger partial charge in [-0.3, -0.25) is 0 Å². The molecule has 0 saturated heterocycles. The molecule has 1 radical (unpaired) electrons. The minimum Gasteiger partial charge on any atom is -0.225 e. The van der Waals surface area contributed by atoms with Gasteiger partial charge >= 0.3 is 0 Å². The predicted molar refractivity (Wildman–Crippen MR) is 48.3 cm³/mol. The summed E-state index contributed by atoms with van der Waals surface area (Å²) in [6.45, 7) is 1.88.